The molecular formula is C62H54N4O. The molecule has 0 unspecified atom stereocenters. The summed E-state index contributed by atoms with van der Waals surface area (Å²) in [6.45, 7) is 13.3. The third kappa shape index (κ3) is 7.80. The smallest absolute Gasteiger partial charge is 0.137 e. The van der Waals surface area contributed by atoms with Crippen LogP contribution in [0.3, 0.4) is 0 Å². The number of fused-ring (bicyclic) bond motifs is 4. The first-order chi connectivity index (χ1) is 36.6. The van der Waals surface area contributed by atoms with Crippen LogP contribution in [0.15, 0.2) is 206 Å². The first-order valence-corrected chi connectivity index (χ1v) is 22.5. The average molecular weight is 881 g/mol. The molecule has 0 bridgehead atoms. The molecule has 0 radical (unpaired) electrons. The van der Waals surface area contributed by atoms with Crippen molar-refractivity contribution < 1.29 is 18.4 Å². The van der Waals surface area contributed by atoms with Crippen LogP contribution >= 0.6 is 0 Å². The molecule has 0 fully saturated rings. The Morgan fingerprint density at radius 3 is 1.90 bits per heavy atom. The van der Waals surface area contributed by atoms with E-state index >= 15 is 0 Å². The highest BCUT2D eigenvalue weighted by Crippen LogP contribution is 2.51. The Morgan fingerprint density at radius 2 is 1.15 bits per heavy atom. The second-order valence-electron chi connectivity index (χ2n) is 19.0. The van der Waals surface area contributed by atoms with Crippen LogP contribution in [-0.2, 0) is 10.8 Å². The van der Waals surface area contributed by atoms with E-state index in [0.29, 0.717) is 40.8 Å². The van der Waals surface area contributed by atoms with Crippen molar-refractivity contribution in [2.24, 2.45) is 0 Å². The lowest BCUT2D eigenvalue weighted by atomic mass is 9.85. The Labute approximate surface area is 408 Å². The normalized spacial score (nSPS) is 14.9. The van der Waals surface area contributed by atoms with E-state index in [-0.39, 0.29) is 46.1 Å². The van der Waals surface area contributed by atoms with Crippen LogP contribution in [0.1, 0.15) is 66.4 Å². The average Bonchev–Trinajstić information content (AvgIpc) is 4.02. The standard InChI is InChI=1S/C62H54N4O/c1-61(2,3)46-23-15-22-45(36-46)52-27-17-26-51(43-20-11-8-12-21-43)60(52)65-41-64(56-28-13-14-29-57(56)65)48-24-16-25-49(39-48)67-50-31-32-53-54-37-44(42-18-9-7-10-19-42)30-33-55(54)66(58(53)40-50)59-38-47(34-35-63-59)62(4,5)6/h7-40H,41H2,1-6H3/i7D,8D,9D,10D,11D,12D,18D,19D,20D,21D. The summed E-state index contributed by atoms with van der Waals surface area (Å²) in [5, 5.41) is 1.65. The molecule has 0 amide bonds. The molecule has 8 aromatic carbocycles. The van der Waals surface area contributed by atoms with Crippen LogP contribution in [0.25, 0.3) is 61.0 Å². The van der Waals surface area contributed by atoms with Crippen molar-refractivity contribution in [2.75, 3.05) is 16.5 Å². The van der Waals surface area contributed by atoms with Crippen molar-refractivity contribution in [1.82, 2.24) is 9.55 Å². The summed E-state index contributed by atoms with van der Waals surface area (Å²) in [5.74, 6) is 1.80. The van der Waals surface area contributed by atoms with Gasteiger partial charge in [0.05, 0.1) is 41.8 Å². The predicted octanol–water partition coefficient (Wildman–Crippen LogP) is 16.8. The number of aromatic nitrogens is 2. The predicted molar refractivity (Wildman–Crippen MR) is 281 cm³/mol. The van der Waals surface area contributed by atoms with E-state index in [9.17, 15) is 0 Å². The maximum atomic E-state index is 9.15. The van der Waals surface area contributed by atoms with Gasteiger partial charge in [0.2, 0.25) is 0 Å². The largest absolute Gasteiger partial charge is 0.457 e. The molecule has 0 N–H and O–H groups in total. The van der Waals surface area contributed by atoms with Crippen molar-refractivity contribution in [3.8, 4) is 50.7 Å². The minimum absolute atomic E-state index is 0.120. The first-order valence-electron chi connectivity index (χ1n) is 27.5. The molecule has 0 atom stereocenters. The van der Waals surface area contributed by atoms with Gasteiger partial charge in [-0.2, -0.15) is 0 Å². The van der Waals surface area contributed by atoms with Crippen LogP contribution < -0.4 is 14.5 Å². The van der Waals surface area contributed by atoms with Crippen LogP contribution in [0.5, 0.6) is 11.5 Å². The molecule has 11 rings (SSSR count). The second-order valence-corrected chi connectivity index (χ2v) is 19.0. The van der Waals surface area contributed by atoms with Gasteiger partial charge in [-0.05, 0) is 105 Å². The lowest BCUT2D eigenvalue weighted by Crippen LogP contribution is -2.25. The SMILES string of the molecule is [2H]c1c([2H])c([2H])c(-c2ccc3c(c2)c2ccc(Oc4cccc(N5CN(c6c(-c7cccc(C(C)(C)C)c7)cccc6-c6c([2H])c([2H])c([2H])c([2H])c6[2H])c6ccccc65)c4)cc2n3-c2cc(C(C)(C)C)ccn2)c([2H])c1[2H]. The molecule has 0 saturated carbocycles. The van der Waals surface area contributed by atoms with Crippen molar-refractivity contribution >= 4 is 44.6 Å². The second kappa shape index (κ2) is 16.5. The molecule has 5 heteroatoms. The number of nitrogens with zero attached hydrogens (tertiary/aromatic N) is 4. The lowest BCUT2D eigenvalue weighted by Gasteiger charge is -2.28. The Morgan fingerprint density at radius 1 is 0.493 bits per heavy atom. The van der Waals surface area contributed by atoms with E-state index < -0.39 is 36.3 Å². The molecule has 3 heterocycles. The molecule has 67 heavy (non-hydrogen) atoms. The summed E-state index contributed by atoms with van der Waals surface area (Å²) < 4.78 is 95.4. The molecule has 2 aromatic heterocycles. The molecule has 1 aliphatic heterocycles. The molecule has 10 aromatic rings. The maximum absolute atomic E-state index is 9.15. The molecule has 0 saturated heterocycles. The summed E-state index contributed by atoms with van der Waals surface area (Å²) in [4.78, 5) is 9.21. The third-order valence-electron chi connectivity index (χ3n) is 12.6. The van der Waals surface area contributed by atoms with Crippen molar-refractivity contribution in [1.29, 1.82) is 0 Å². The minimum atomic E-state index is -0.451. The van der Waals surface area contributed by atoms with Crippen molar-refractivity contribution in [3.05, 3.63) is 217 Å². The van der Waals surface area contributed by atoms with Gasteiger partial charge < -0.3 is 14.5 Å². The van der Waals surface area contributed by atoms with Gasteiger partial charge in [0.25, 0.3) is 0 Å². The Kier molecular flexibility index (Phi) is 7.86. The number of hydrogen-bond acceptors (Lipinski definition) is 4. The van der Waals surface area contributed by atoms with E-state index in [1.54, 1.807) is 12.3 Å². The Balaban J connectivity index is 1.02. The van der Waals surface area contributed by atoms with E-state index in [1.807, 2.05) is 103 Å². The van der Waals surface area contributed by atoms with Gasteiger partial charge in [-0.25, -0.2) is 4.98 Å². The molecule has 328 valence electrons. The first kappa shape index (κ1) is 31.9. The Hall–Kier alpha value is -7.89. The summed E-state index contributed by atoms with van der Waals surface area (Å²) in [6.07, 6.45) is 1.80. The summed E-state index contributed by atoms with van der Waals surface area (Å²) >= 11 is 0. The van der Waals surface area contributed by atoms with E-state index in [1.165, 1.54) is 0 Å². The highest BCUT2D eigenvalue weighted by atomic mass is 16.5. The van der Waals surface area contributed by atoms with Gasteiger partial charge in [-0.15, -0.1) is 0 Å². The molecular weight excluding hydrogens is 817 g/mol. The number of rotatable bonds is 8. The zero-order chi connectivity index (χ0) is 54.6. The van der Waals surface area contributed by atoms with Crippen LogP contribution in [0.4, 0.5) is 22.7 Å². The third-order valence-corrected chi connectivity index (χ3v) is 12.6. The van der Waals surface area contributed by atoms with E-state index in [4.69, 9.17) is 23.4 Å². The number of anilines is 4. The topological polar surface area (TPSA) is 33.5 Å². The number of hydrogen-bond donors (Lipinski definition) is 0. The monoisotopic (exact) mass is 880 g/mol. The number of para-hydroxylation sites is 3. The fourth-order valence-electron chi connectivity index (χ4n) is 9.15. The van der Waals surface area contributed by atoms with Gasteiger partial charge in [0.15, 0.2) is 0 Å². The van der Waals surface area contributed by atoms with Gasteiger partial charge in [-0.1, -0.05) is 169 Å². The Bertz CT molecular complexity index is 4010. The molecule has 0 aliphatic carbocycles. The van der Waals surface area contributed by atoms with Crippen molar-refractivity contribution in [2.45, 2.75) is 52.4 Å². The van der Waals surface area contributed by atoms with Crippen LogP contribution in [-0.4, -0.2) is 16.2 Å². The number of ether oxygens (including phenoxy) is 1. The van der Waals surface area contributed by atoms with Crippen LogP contribution in [0.2, 0.25) is 0 Å². The van der Waals surface area contributed by atoms with E-state index in [2.05, 4.69) is 86.2 Å². The zero-order valence-corrected chi connectivity index (χ0v) is 38.3. The highest BCUT2D eigenvalue weighted by molar-refractivity contribution is 6.11. The van der Waals surface area contributed by atoms with Gasteiger partial charge in [-0.3, -0.25) is 4.57 Å². The van der Waals surface area contributed by atoms with Crippen molar-refractivity contribution in [3.63, 3.8) is 0 Å². The molecule has 1 aliphatic rings. The van der Waals surface area contributed by atoms with E-state index in [0.717, 1.165) is 61.1 Å². The number of pyridine rings is 1. The maximum Gasteiger partial charge on any atom is 0.137 e. The van der Waals surface area contributed by atoms with Gasteiger partial charge >= 0.3 is 0 Å². The quantitative estimate of drug-likeness (QED) is 0.152. The summed E-state index contributed by atoms with van der Waals surface area (Å²) in [6, 6.07) is 41.9. The fourth-order valence-corrected chi connectivity index (χ4v) is 9.15. The number of benzene rings is 8. The van der Waals surface area contributed by atoms with Gasteiger partial charge in [0, 0.05) is 45.9 Å². The minimum Gasteiger partial charge on any atom is -0.457 e. The fraction of sp³-hybridized carbons (Fsp3) is 0.145. The zero-order valence-electron chi connectivity index (χ0n) is 48.3. The summed E-state index contributed by atoms with van der Waals surface area (Å²) in [7, 11) is 0. The highest BCUT2D eigenvalue weighted by Gasteiger charge is 2.32. The van der Waals surface area contributed by atoms with Crippen LogP contribution in [0, 0.1) is 0 Å². The molecule has 0 spiro atoms. The summed E-state index contributed by atoms with van der Waals surface area (Å²) in [5.41, 5.74) is 9.78. The molecule has 5 nitrogen and oxygen atoms in total. The van der Waals surface area contributed by atoms with Gasteiger partial charge in [0.1, 0.15) is 24.0 Å². The lowest BCUT2D eigenvalue weighted by molar-refractivity contribution is 0.483.